The average Bonchev–Trinajstić information content (AvgIpc) is 2.30. The molecule has 1 atom stereocenters. The van der Waals surface area contributed by atoms with E-state index < -0.39 is 6.04 Å². The summed E-state index contributed by atoms with van der Waals surface area (Å²) in [5.74, 6) is -0.000735. The topological polar surface area (TPSA) is 55.1 Å². The molecule has 5 heteroatoms. The Bertz CT molecular complexity index is 421. The van der Waals surface area contributed by atoms with E-state index in [0.29, 0.717) is 23.0 Å². The van der Waals surface area contributed by atoms with Gasteiger partial charge >= 0.3 is 0 Å². The third-order valence-electron chi connectivity index (χ3n) is 2.73. The van der Waals surface area contributed by atoms with Gasteiger partial charge in [-0.05, 0) is 30.0 Å². The summed E-state index contributed by atoms with van der Waals surface area (Å²) >= 11 is 11.8. The van der Waals surface area contributed by atoms with Gasteiger partial charge < -0.3 is 11.1 Å². The third-order valence-corrected chi connectivity index (χ3v) is 3.32. The number of hydrogen-bond donors (Lipinski definition) is 2. The van der Waals surface area contributed by atoms with E-state index in [-0.39, 0.29) is 11.8 Å². The SMILES string of the molecule is CC(C)[C@@H](N)C(=O)NCCc1ccc(Cl)cc1Cl. The van der Waals surface area contributed by atoms with Crippen molar-refractivity contribution in [3.05, 3.63) is 33.8 Å². The second kappa shape index (κ2) is 6.98. The van der Waals surface area contributed by atoms with Crippen molar-refractivity contribution < 1.29 is 4.79 Å². The number of rotatable bonds is 5. The summed E-state index contributed by atoms with van der Waals surface area (Å²) in [6.45, 7) is 4.35. The molecule has 0 aliphatic rings. The van der Waals surface area contributed by atoms with Crippen molar-refractivity contribution in [3.8, 4) is 0 Å². The van der Waals surface area contributed by atoms with Gasteiger partial charge in [0.1, 0.15) is 0 Å². The normalized spacial score (nSPS) is 12.6. The van der Waals surface area contributed by atoms with E-state index in [1.807, 2.05) is 19.9 Å². The molecule has 0 saturated heterocycles. The largest absolute Gasteiger partial charge is 0.354 e. The summed E-state index contributed by atoms with van der Waals surface area (Å²) in [5.41, 5.74) is 6.69. The van der Waals surface area contributed by atoms with Gasteiger partial charge in [-0.3, -0.25) is 4.79 Å². The minimum atomic E-state index is -0.467. The van der Waals surface area contributed by atoms with Crippen LogP contribution in [0.4, 0.5) is 0 Å². The molecule has 3 N–H and O–H groups in total. The Kier molecular flexibility index (Phi) is 5.93. The van der Waals surface area contributed by atoms with Crippen LogP contribution in [0.25, 0.3) is 0 Å². The van der Waals surface area contributed by atoms with Crippen molar-refractivity contribution in [1.29, 1.82) is 0 Å². The summed E-state index contributed by atoms with van der Waals surface area (Å²) in [5, 5.41) is 4.02. The summed E-state index contributed by atoms with van der Waals surface area (Å²) in [4.78, 5) is 11.6. The van der Waals surface area contributed by atoms with Crippen molar-refractivity contribution in [2.75, 3.05) is 6.54 Å². The smallest absolute Gasteiger partial charge is 0.237 e. The summed E-state index contributed by atoms with van der Waals surface area (Å²) in [7, 11) is 0. The first-order chi connectivity index (χ1) is 8.41. The van der Waals surface area contributed by atoms with E-state index in [0.717, 1.165) is 5.56 Å². The number of nitrogens with two attached hydrogens (primary N) is 1. The van der Waals surface area contributed by atoms with E-state index in [4.69, 9.17) is 28.9 Å². The molecule has 0 aliphatic carbocycles. The lowest BCUT2D eigenvalue weighted by Gasteiger charge is -2.15. The van der Waals surface area contributed by atoms with Crippen molar-refractivity contribution in [3.63, 3.8) is 0 Å². The fourth-order valence-electron chi connectivity index (χ4n) is 1.47. The van der Waals surface area contributed by atoms with Gasteiger partial charge in [-0.25, -0.2) is 0 Å². The molecular weight excluding hydrogens is 271 g/mol. The lowest BCUT2D eigenvalue weighted by molar-refractivity contribution is -0.123. The van der Waals surface area contributed by atoms with Crippen LogP contribution in [0.2, 0.25) is 10.0 Å². The maximum Gasteiger partial charge on any atom is 0.237 e. The summed E-state index contributed by atoms with van der Waals surface area (Å²) in [6, 6.07) is 4.87. The van der Waals surface area contributed by atoms with Crippen molar-refractivity contribution in [1.82, 2.24) is 5.32 Å². The van der Waals surface area contributed by atoms with Crippen LogP contribution in [0, 0.1) is 5.92 Å². The zero-order valence-corrected chi connectivity index (χ0v) is 12.1. The minimum absolute atomic E-state index is 0.129. The first-order valence-corrected chi connectivity index (χ1v) is 6.64. The van der Waals surface area contributed by atoms with Gasteiger partial charge in [0, 0.05) is 16.6 Å². The number of halogens is 2. The van der Waals surface area contributed by atoms with Crippen LogP contribution in [0.5, 0.6) is 0 Å². The molecule has 0 aliphatic heterocycles. The first-order valence-electron chi connectivity index (χ1n) is 5.89. The molecule has 1 amide bonds. The predicted molar refractivity (Wildman–Crippen MR) is 76.0 cm³/mol. The molecule has 0 aromatic heterocycles. The Morgan fingerprint density at radius 3 is 2.61 bits per heavy atom. The molecule has 1 aromatic rings. The van der Waals surface area contributed by atoms with Gasteiger partial charge in [-0.2, -0.15) is 0 Å². The van der Waals surface area contributed by atoms with Crippen LogP contribution >= 0.6 is 23.2 Å². The summed E-state index contributed by atoms with van der Waals surface area (Å²) < 4.78 is 0. The van der Waals surface area contributed by atoms with Crippen molar-refractivity contribution >= 4 is 29.1 Å². The highest BCUT2D eigenvalue weighted by Gasteiger charge is 2.16. The maximum atomic E-state index is 11.6. The molecule has 0 bridgehead atoms. The molecule has 0 heterocycles. The third kappa shape index (κ3) is 4.48. The fourth-order valence-corrected chi connectivity index (χ4v) is 1.97. The van der Waals surface area contributed by atoms with Crippen LogP contribution in [-0.4, -0.2) is 18.5 Å². The van der Waals surface area contributed by atoms with E-state index in [1.54, 1.807) is 12.1 Å². The van der Waals surface area contributed by atoms with Crippen molar-refractivity contribution in [2.45, 2.75) is 26.3 Å². The highest BCUT2D eigenvalue weighted by molar-refractivity contribution is 6.35. The predicted octanol–water partition coefficient (Wildman–Crippen LogP) is 2.64. The number of hydrogen-bond acceptors (Lipinski definition) is 2. The second-order valence-electron chi connectivity index (χ2n) is 4.55. The zero-order valence-electron chi connectivity index (χ0n) is 10.5. The molecule has 0 fully saturated rings. The van der Waals surface area contributed by atoms with E-state index in [9.17, 15) is 4.79 Å². The Labute approximate surface area is 118 Å². The van der Waals surface area contributed by atoms with Crippen molar-refractivity contribution in [2.24, 2.45) is 11.7 Å². The quantitative estimate of drug-likeness (QED) is 0.875. The van der Waals surface area contributed by atoms with Crippen LogP contribution in [0.3, 0.4) is 0 Å². The second-order valence-corrected chi connectivity index (χ2v) is 5.39. The number of carbonyl (C=O) groups excluding carboxylic acids is 1. The molecule has 0 unspecified atom stereocenters. The van der Waals surface area contributed by atoms with Gasteiger partial charge in [0.05, 0.1) is 6.04 Å². The monoisotopic (exact) mass is 288 g/mol. The standard InChI is InChI=1S/C13H18Cl2N2O/c1-8(2)12(16)13(18)17-6-5-9-3-4-10(14)7-11(9)15/h3-4,7-8,12H,5-6,16H2,1-2H3,(H,17,18)/t12-/m1/s1. The van der Waals surface area contributed by atoms with E-state index in [2.05, 4.69) is 5.32 Å². The van der Waals surface area contributed by atoms with Crippen LogP contribution < -0.4 is 11.1 Å². The Hall–Kier alpha value is -0.770. The Balaban J connectivity index is 2.44. The van der Waals surface area contributed by atoms with Gasteiger partial charge in [-0.1, -0.05) is 43.1 Å². The molecular formula is C13H18Cl2N2O. The van der Waals surface area contributed by atoms with Crippen LogP contribution in [0.1, 0.15) is 19.4 Å². The van der Waals surface area contributed by atoms with Gasteiger partial charge in [-0.15, -0.1) is 0 Å². The fraction of sp³-hybridized carbons (Fsp3) is 0.462. The van der Waals surface area contributed by atoms with Gasteiger partial charge in [0.25, 0.3) is 0 Å². The van der Waals surface area contributed by atoms with E-state index in [1.165, 1.54) is 0 Å². The highest BCUT2D eigenvalue weighted by atomic mass is 35.5. The molecule has 0 spiro atoms. The lowest BCUT2D eigenvalue weighted by atomic mass is 10.0. The molecule has 1 aromatic carbocycles. The number of amides is 1. The molecule has 0 radical (unpaired) electrons. The highest BCUT2D eigenvalue weighted by Crippen LogP contribution is 2.21. The number of nitrogens with one attached hydrogen (secondary N) is 1. The van der Waals surface area contributed by atoms with Gasteiger partial charge in [0.15, 0.2) is 0 Å². The molecule has 0 saturated carbocycles. The molecule has 100 valence electrons. The molecule has 18 heavy (non-hydrogen) atoms. The van der Waals surface area contributed by atoms with E-state index >= 15 is 0 Å². The Morgan fingerprint density at radius 1 is 1.39 bits per heavy atom. The summed E-state index contributed by atoms with van der Waals surface area (Å²) in [6.07, 6.45) is 0.659. The number of carbonyl (C=O) groups is 1. The maximum absolute atomic E-state index is 11.6. The van der Waals surface area contributed by atoms with Crippen LogP contribution in [-0.2, 0) is 11.2 Å². The Morgan fingerprint density at radius 2 is 2.06 bits per heavy atom. The minimum Gasteiger partial charge on any atom is -0.354 e. The molecule has 3 nitrogen and oxygen atoms in total. The lowest BCUT2D eigenvalue weighted by Crippen LogP contribution is -2.44. The first kappa shape index (κ1) is 15.3. The van der Waals surface area contributed by atoms with Gasteiger partial charge in [0.2, 0.25) is 5.91 Å². The van der Waals surface area contributed by atoms with Crippen LogP contribution in [0.15, 0.2) is 18.2 Å². The average molecular weight is 289 g/mol. The zero-order chi connectivity index (χ0) is 13.7. The number of benzene rings is 1. The molecule has 1 rings (SSSR count).